The van der Waals surface area contributed by atoms with Gasteiger partial charge in [0.05, 0.1) is 5.92 Å². The minimum Gasteiger partial charge on any atom is -0.355 e. The average Bonchev–Trinajstić information content (AvgIpc) is 2.24. The molecular formula is C11H17F3N2O2. The zero-order valence-corrected chi connectivity index (χ0v) is 10.4. The van der Waals surface area contributed by atoms with Crippen LogP contribution in [-0.2, 0) is 9.59 Å². The second-order valence-electron chi connectivity index (χ2n) is 4.71. The van der Waals surface area contributed by atoms with Crippen LogP contribution in [-0.4, -0.2) is 42.0 Å². The molecule has 1 fully saturated rings. The van der Waals surface area contributed by atoms with Crippen LogP contribution in [0.1, 0.15) is 26.7 Å². The first-order valence-corrected chi connectivity index (χ1v) is 5.84. The normalized spacial score (nSPS) is 20.8. The smallest absolute Gasteiger partial charge is 0.355 e. The lowest BCUT2D eigenvalue weighted by Gasteiger charge is -2.32. The van der Waals surface area contributed by atoms with E-state index in [1.165, 1.54) is 0 Å². The largest absolute Gasteiger partial charge is 0.406 e. The molecule has 1 aliphatic heterocycles. The van der Waals surface area contributed by atoms with Crippen LogP contribution < -0.4 is 5.32 Å². The second kappa shape index (κ2) is 5.58. The van der Waals surface area contributed by atoms with Crippen LogP contribution in [0.5, 0.6) is 0 Å². The Morgan fingerprint density at radius 3 is 2.50 bits per heavy atom. The Labute approximate surface area is 104 Å². The number of nitrogens with zero attached hydrogens (tertiary/aromatic N) is 1. The number of carbonyl (C=O) groups is 2. The summed E-state index contributed by atoms with van der Waals surface area (Å²) >= 11 is 0. The molecule has 18 heavy (non-hydrogen) atoms. The zero-order chi connectivity index (χ0) is 13.9. The van der Waals surface area contributed by atoms with Crippen molar-refractivity contribution in [3.8, 4) is 0 Å². The lowest BCUT2D eigenvalue weighted by molar-refractivity contribution is -0.167. The van der Waals surface area contributed by atoms with E-state index < -0.39 is 30.6 Å². The van der Waals surface area contributed by atoms with Gasteiger partial charge in [0, 0.05) is 19.0 Å². The van der Waals surface area contributed by atoms with Crippen LogP contribution in [0.15, 0.2) is 0 Å². The molecule has 0 spiro atoms. The maximum Gasteiger partial charge on any atom is 0.406 e. The van der Waals surface area contributed by atoms with Crippen molar-refractivity contribution in [1.29, 1.82) is 0 Å². The molecule has 1 saturated heterocycles. The fraction of sp³-hybridized carbons (Fsp3) is 0.818. The highest BCUT2D eigenvalue weighted by molar-refractivity contribution is 5.84. The van der Waals surface area contributed by atoms with Gasteiger partial charge in [0.15, 0.2) is 0 Å². The molecule has 0 aromatic rings. The molecule has 4 nitrogen and oxygen atoms in total. The number of hydrogen-bond donors (Lipinski definition) is 1. The van der Waals surface area contributed by atoms with Crippen molar-refractivity contribution >= 4 is 11.8 Å². The third-order valence-electron chi connectivity index (χ3n) is 2.87. The van der Waals surface area contributed by atoms with E-state index in [9.17, 15) is 22.8 Å². The van der Waals surface area contributed by atoms with Gasteiger partial charge in [-0.2, -0.15) is 13.2 Å². The summed E-state index contributed by atoms with van der Waals surface area (Å²) in [6.45, 7) is 1.97. The van der Waals surface area contributed by atoms with Crippen molar-refractivity contribution in [3.63, 3.8) is 0 Å². The molecule has 0 bridgehead atoms. The maximum atomic E-state index is 12.4. The van der Waals surface area contributed by atoms with Gasteiger partial charge < -0.3 is 10.2 Å². The van der Waals surface area contributed by atoms with E-state index in [1.54, 1.807) is 13.8 Å². The van der Waals surface area contributed by atoms with Gasteiger partial charge in [-0.25, -0.2) is 0 Å². The minimum atomic E-state index is -4.40. The Bertz CT molecular complexity index is 319. The summed E-state index contributed by atoms with van der Waals surface area (Å²) < 4.78 is 37.2. The van der Waals surface area contributed by atoms with Crippen molar-refractivity contribution < 1.29 is 22.8 Å². The molecule has 1 unspecified atom stereocenters. The van der Waals surface area contributed by atoms with Crippen molar-refractivity contribution in [2.24, 2.45) is 5.92 Å². The summed E-state index contributed by atoms with van der Waals surface area (Å²) in [5.74, 6) is -1.25. The lowest BCUT2D eigenvalue weighted by atomic mass is 9.97. The van der Waals surface area contributed by atoms with E-state index in [0.717, 1.165) is 4.90 Å². The molecule has 0 saturated carbocycles. The predicted octanol–water partition coefficient (Wildman–Crippen LogP) is 1.31. The molecule has 2 amide bonds. The SMILES string of the molecule is CC(C)N(CC(F)(F)F)C(=O)C1CCC(=O)NC1. The maximum absolute atomic E-state index is 12.4. The van der Waals surface area contributed by atoms with Crippen molar-refractivity contribution in [3.05, 3.63) is 0 Å². The Morgan fingerprint density at radius 1 is 1.50 bits per heavy atom. The molecule has 1 aliphatic rings. The summed E-state index contributed by atoms with van der Waals surface area (Å²) in [4.78, 5) is 23.8. The van der Waals surface area contributed by atoms with Crippen LogP contribution in [0, 0.1) is 5.92 Å². The Hall–Kier alpha value is -1.27. The lowest BCUT2D eigenvalue weighted by Crippen LogP contribution is -2.50. The van der Waals surface area contributed by atoms with Crippen molar-refractivity contribution in [2.45, 2.75) is 38.9 Å². The van der Waals surface area contributed by atoms with Crippen molar-refractivity contribution in [2.75, 3.05) is 13.1 Å². The van der Waals surface area contributed by atoms with E-state index in [-0.39, 0.29) is 18.9 Å². The highest BCUT2D eigenvalue weighted by atomic mass is 19.4. The monoisotopic (exact) mass is 266 g/mol. The number of halogens is 3. The van der Waals surface area contributed by atoms with Gasteiger partial charge in [0.25, 0.3) is 0 Å². The second-order valence-corrected chi connectivity index (χ2v) is 4.71. The molecule has 0 radical (unpaired) electrons. The standard InChI is InChI=1S/C11H17F3N2O2/c1-7(2)16(6-11(12,13)14)10(18)8-3-4-9(17)15-5-8/h7-8H,3-6H2,1-2H3,(H,15,17). The number of amides is 2. The Morgan fingerprint density at radius 2 is 2.11 bits per heavy atom. The number of nitrogens with one attached hydrogen (secondary N) is 1. The highest BCUT2D eigenvalue weighted by Crippen LogP contribution is 2.22. The summed E-state index contributed by atoms with van der Waals surface area (Å²) in [5, 5.41) is 2.50. The van der Waals surface area contributed by atoms with Gasteiger partial charge in [-0.3, -0.25) is 9.59 Å². The van der Waals surface area contributed by atoms with E-state index >= 15 is 0 Å². The summed E-state index contributed by atoms with van der Waals surface area (Å²) in [5.41, 5.74) is 0. The van der Waals surface area contributed by atoms with Gasteiger partial charge in [-0.15, -0.1) is 0 Å². The third-order valence-corrected chi connectivity index (χ3v) is 2.87. The van der Waals surface area contributed by atoms with E-state index in [4.69, 9.17) is 0 Å². The van der Waals surface area contributed by atoms with Crippen LogP contribution in [0.2, 0.25) is 0 Å². The molecule has 7 heteroatoms. The molecule has 0 aromatic carbocycles. The van der Waals surface area contributed by atoms with Crippen LogP contribution in [0.25, 0.3) is 0 Å². The summed E-state index contributed by atoms with van der Waals surface area (Å²) in [7, 11) is 0. The van der Waals surface area contributed by atoms with E-state index in [2.05, 4.69) is 5.32 Å². The number of hydrogen-bond acceptors (Lipinski definition) is 2. The van der Waals surface area contributed by atoms with Crippen LogP contribution in [0.3, 0.4) is 0 Å². The molecule has 1 N–H and O–H groups in total. The van der Waals surface area contributed by atoms with E-state index in [1.807, 2.05) is 0 Å². The molecule has 0 aromatic heterocycles. The van der Waals surface area contributed by atoms with Gasteiger partial charge in [-0.05, 0) is 20.3 Å². The number of rotatable bonds is 3. The first kappa shape index (κ1) is 14.8. The van der Waals surface area contributed by atoms with Gasteiger partial charge in [0.2, 0.25) is 11.8 Å². The summed E-state index contributed by atoms with van der Waals surface area (Å²) in [6.07, 6.45) is -3.90. The molecule has 0 aliphatic carbocycles. The summed E-state index contributed by atoms with van der Waals surface area (Å²) in [6, 6.07) is -0.517. The fourth-order valence-corrected chi connectivity index (χ4v) is 1.89. The van der Waals surface area contributed by atoms with E-state index in [0.29, 0.717) is 6.42 Å². The molecule has 1 rings (SSSR count). The Balaban J connectivity index is 2.68. The zero-order valence-electron chi connectivity index (χ0n) is 10.4. The number of piperidine rings is 1. The predicted molar refractivity (Wildman–Crippen MR) is 58.6 cm³/mol. The quantitative estimate of drug-likeness (QED) is 0.837. The third kappa shape index (κ3) is 4.19. The van der Waals surface area contributed by atoms with Gasteiger partial charge in [0.1, 0.15) is 6.54 Å². The van der Waals surface area contributed by atoms with Crippen LogP contribution >= 0.6 is 0 Å². The van der Waals surface area contributed by atoms with Crippen LogP contribution in [0.4, 0.5) is 13.2 Å². The highest BCUT2D eigenvalue weighted by Gasteiger charge is 2.37. The Kier molecular flexibility index (Phi) is 4.59. The molecule has 1 atom stereocenters. The van der Waals surface area contributed by atoms with Gasteiger partial charge >= 0.3 is 6.18 Å². The molecule has 1 heterocycles. The first-order chi connectivity index (χ1) is 8.20. The average molecular weight is 266 g/mol. The van der Waals surface area contributed by atoms with Crippen molar-refractivity contribution in [1.82, 2.24) is 10.2 Å². The first-order valence-electron chi connectivity index (χ1n) is 5.84. The molecule has 104 valence electrons. The number of carbonyl (C=O) groups excluding carboxylic acids is 2. The minimum absolute atomic E-state index is 0.124. The fourth-order valence-electron chi connectivity index (χ4n) is 1.89. The topological polar surface area (TPSA) is 49.4 Å². The number of alkyl halides is 3. The van der Waals surface area contributed by atoms with Gasteiger partial charge in [-0.1, -0.05) is 0 Å². The molecular weight excluding hydrogens is 249 g/mol.